The smallest absolute Gasteiger partial charge is 0.322 e. The van der Waals surface area contributed by atoms with Crippen molar-refractivity contribution in [2.45, 2.75) is 56.7 Å². The molecule has 2 rings (SSSR count). The molecular weight excluding hydrogens is 548 g/mol. The SMILES string of the molecule is NCCCC[C@@H]1NC(=O)C(CCC(=O)O)NC(=O)c2cc([N+](=O)[O-])ccc2OCCC(C(=O)NCC(=O)O)NC1=O. The Morgan fingerprint density at radius 1 is 1.02 bits per heavy atom. The average Bonchev–Trinajstić information content (AvgIpc) is 2.91. The molecule has 0 saturated carbocycles. The summed E-state index contributed by atoms with van der Waals surface area (Å²) in [6.45, 7) is -0.737. The number of carbonyl (C=O) groups is 6. The Morgan fingerprint density at radius 2 is 1.71 bits per heavy atom. The molecule has 0 aromatic heterocycles. The highest BCUT2D eigenvalue weighted by atomic mass is 16.6. The third-order valence-electron chi connectivity index (χ3n) is 5.98. The molecule has 0 aliphatic carbocycles. The summed E-state index contributed by atoms with van der Waals surface area (Å²) in [7, 11) is 0. The van der Waals surface area contributed by atoms with Gasteiger partial charge in [-0.1, -0.05) is 0 Å². The zero-order valence-electron chi connectivity index (χ0n) is 21.9. The molecule has 0 saturated heterocycles. The highest BCUT2D eigenvalue weighted by molar-refractivity contribution is 6.01. The number of carbonyl (C=O) groups excluding carboxylic acids is 4. The van der Waals surface area contributed by atoms with Gasteiger partial charge in [-0.2, -0.15) is 0 Å². The molecule has 41 heavy (non-hydrogen) atoms. The summed E-state index contributed by atoms with van der Waals surface area (Å²) in [5.41, 5.74) is 4.72. The van der Waals surface area contributed by atoms with Crippen molar-refractivity contribution in [1.82, 2.24) is 21.3 Å². The summed E-state index contributed by atoms with van der Waals surface area (Å²) < 4.78 is 5.61. The lowest BCUT2D eigenvalue weighted by atomic mass is 10.0. The third-order valence-corrected chi connectivity index (χ3v) is 5.98. The minimum Gasteiger partial charge on any atom is -0.493 e. The van der Waals surface area contributed by atoms with E-state index >= 15 is 0 Å². The maximum Gasteiger partial charge on any atom is 0.322 e. The number of hydrogen-bond acceptors (Lipinski definition) is 10. The molecule has 1 heterocycles. The zero-order valence-corrected chi connectivity index (χ0v) is 21.9. The number of nitrogens with two attached hydrogens (primary N) is 1. The lowest BCUT2D eigenvalue weighted by molar-refractivity contribution is -0.384. The van der Waals surface area contributed by atoms with E-state index in [0.717, 1.165) is 18.2 Å². The van der Waals surface area contributed by atoms with E-state index in [2.05, 4.69) is 21.3 Å². The van der Waals surface area contributed by atoms with Crippen molar-refractivity contribution < 1.29 is 48.6 Å². The Morgan fingerprint density at radius 3 is 2.34 bits per heavy atom. The first-order chi connectivity index (χ1) is 19.4. The fourth-order valence-electron chi connectivity index (χ4n) is 3.86. The van der Waals surface area contributed by atoms with Crippen LogP contribution < -0.4 is 31.7 Å². The largest absolute Gasteiger partial charge is 0.493 e. The molecule has 0 fully saturated rings. The number of benzene rings is 1. The van der Waals surface area contributed by atoms with Gasteiger partial charge in [0.25, 0.3) is 11.6 Å². The van der Waals surface area contributed by atoms with Crippen LogP contribution in [-0.2, 0) is 24.0 Å². The van der Waals surface area contributed by atoms with Gasteiger partial charge >= 0.3 is 11.9 Å². The molecular formula is C24H32N6O11. The molecule has 17 heteroatoms. The molecule has 4 amide bonds. The van der Waals surface area contributed by atoms with Gasteiger partial charge in [0, 0.05) is 25.0 Å². The van der Waals surface area contributed by atoms with Crippen molar-refractivity contribution in [2.75, 3.05) is 19.7 Å². The van der Waals surface area contributed by atoms with E-state index in [1.807, 2.05) is 0 Å². The maximum absolute atomic E-state index is 13.2. The molecule has 1 aliphatic rings. The van der Waals surface area contributed by atoms with E-state index < -0.39 is 77.3 Å². The summed E-state index contributed by atoms with van der Waals surface area (Å²) in [5.74, 6) is -6.29. The molecule has 0 spiro atoms. The third kappa shape index (κ3) is 10.4. The van der Waals surface area contributed by atoms with Gasteiger partial charge < -0.3 is 42.0 Å². The number of nitro benzene ring substituents is 1. The first kappa shape index (κ1) is 32.4. The van der Waals surface area contributed by atoms with Crippen LogP contribution in [-0.4, -0.2) is 88.5 Å². The summed E-state index contributed by atoms with van der Waals surface area (Å²) in [6.07, 6.45) is -0.174. The number of fused-ring (bicyclic) bond motifs is 1. The zero-order chi connectivity index (χ0) is 30.5. The molecule has 0 radical (unpaired) electrons. The van der Waals surface area contributed by atoms with Gasteiger partial charge in [-0.15, -0.1) is 0 Å². The molecule has 1 aromatic rings. The van der Waals surface area contributed by atoms with Crippen LogP contribution in [0, 0.1) is 10.1 Å². The first-order valence-corrected chi connectivity index (χ1v) is 12.7. The van der Waals surface area contributed by atoms with Gasteiger partial charge in [0.05, 0.1) is 17.1 Å². The number of ether oxygens (including phenoxy) is 1. The Labute approximate surface area is 233 Å². The predicted octanol–water partition coefficient (Wildman–Crippen LogP) is -1.36. The van der Waals surface area contributed by atoms with Crippen LogP contribution in [0.25, 0.3) is 0 Å². The lowest BCUT2D eigenvalue weighted by Gasteiger charge is -2.26. The van der Waals surface area contributed by atoms with Crippen molar-refractivity contribution in [3.63, 3.8) is 0 Å². The van der Waals surface area contributed by atoms with Gasteiger partial charge in [0.1, 0.15) is 30.4 Å². The van der Waals surface area contributed by atoms with E-state index in [9.17, 15) is 38.9 Å². The lowest BCUT2D eigenvalue weighted by Crippen LogP contribution is -2.57. The molecule has 2 unspecified atom stereocenters. The molecule has 17 nitrogen and oxygen atoms in total. The van der Waals surface area contributed by atoms with Crippen molar-refractivity contribution >= 4 is 41.3 Å². The van der Waals surface area contributed by atoms with Crippen molar-refractivity contribution in [3.8, 4) is 5.75 Å². The molecule has 3 atom stereocenters. The predicted molar refractivity (Wildman–Crippen MR) is 139 cm³/mol. The number of nitro groups is 1. The maximum atomic E-state index is 13.2. The number of carboxylic acid groups (broad SMARTS) is 2. The minimum absolute atomic E-state index is 0.0728. The van der Waals surface area contributed by atoms with E-state index in [0.29, 0.717) is 19.4 Å². The Bertz CT molecular complexity index is 1170. The Balaban J connectivity index is 2.51. The van der Waals surface area contributed by atoms with E-state index in [1.54, 1.807) is 0 Å². The van der Waals surface area contributed by atoms with Gasteiger partial charge in [-0.25, -0.2) is 0 Å². The van der Waals surface area contributed by atoms with Crippen LogP contribution in [0.5, 0.6) is 5.75 Å². The fourth-order valence-corrected chi connectivity index (χ4v) is 3.86. The summed E-state index contributed by atoms with van der Waals surface area (Å²) in [5, 5.41) is 38.8. The second-order valence-electron chi connectivity index (χ2n) is 9.05. The summed E-state index contributed by atoms with van der Waals surface area (Å²) >= 11 is 0. The number of aliphatic carboxylic acids is 2. The van der Waals surface area contributed by atoms with Crippen LogP contribution in [0.1, 0.15) is 48.9 Å². The molecule has 1 aliphatic heterocycles. The number of rotatable bonds is 11. The van der Waals surface area contributed by atoms with Gasteiger partial charge in [0.2, 0.25) is 17.7 Å². The normalized spacial score (nSPS) is 19.7. The Hall–Kier alpha value is -4.80. The molecule has 1 aromatic carbocycles. The second-order valence-corrected chi connectivity index (χ2v) is 9.05. The Kier molecular flexibility index (Phi) is 12.4. The van der Waals surface area contributed by atoms with E-state index in [4.69, 9.17) is 20.7 Å². The number of hydrogen-bond donors (Lipinski definition) is 7. The average molecular weight is 581 g/mol. The highest BCUT2D eigenvalue weighted by Crippen LogP contribution is 2.25. The monoisotopic (exact) mass is 580 g/mol. The second kappa shape index (κ2) is 15.7. The fraction of sp³-hybridized carbons (Fsp3) is 0.500. The van der Waals surface area contributed by atoms with E-state index in [1.165, 1.54) is 0 Å². The van der Waals surface area contributed by atoms with Gasteiger partial charge in [-0.3, -0.25) is 38.9 Å². The number of nitrogens with zero attached hydrogens (tertiary/aromatic N) is 1. The minimum atomic E-state index is -1.46. The molecule has 0 bridgehead atoms. The van der Waals surface area contributed by atoms with Crippen molar-refractivity contribution in [1.29, 1.82) is 0 Å². The first-order valence-electron chi connectivity index (χ1n) is 12.7. The number of carboxylic acids is 2. The topological polar surface area (TPSA) is 269 Å². The van der Waals surface area contributed by atoms with Crippen molar-refractivity contribution in [3.05, 3.63) is 33.9 Å². The van der Waals surface area contributed by atoms with Crippen LogP contribution in [0.2, 0.25) is 0 Å². The number of nitrogens with one attached hydrogen (secondary N) is 4. The summed E-state index contributed by atoms with van der Waals surface area (Å²) in [6, 6.07) is -0.905. The van der Waals surface area contributed by atoms with Gasteiger partial charge in [-0.05, 0) is 38.3 Å². The van der Waals surface area contributed by atoms with Crippen LogP contribution >= 0.6 is 0 Å². The number of amides is 4. The van der Waals surface area contributed by atoms with Crippen molar-refractivity contribution in [2.24, 2.45) is 5.73 Å². The van der Waals surface area contributed by atoms with Gasteiger partial charge in [0.15, 0.2) is 0 Å². The highest BCUT2D eigenvalue weighted by Gasteiger charge is 2.31. The standard InChI is InChI=1S/C24H32N6O11/c25-9-2-1-3-15-23(37)29-17(22(36)26-12-20(33)34)8-10-41-18-6-4-13(30(39)40)11-14(18)21(35)27-16(24(38)28-15)5-7-19(31)32/h4,6,11,15-17H,1-3,5,7-10,12,25H2,(H,26,36)(H,27,35)(H,28,38)(H,29,37)(H,31,32)(H,33,34)/t15-,16?,17?/m0/s1. The van der Waals surface area contributed by atoms with Crippen LogP contribution in [0.15, 0.2) is 18.2 Å². The molecule has 8 N–H and O–H groups in total. The van der Waals surface area contributed by atoms with Crippen LogP contribution in [0.3, 0.4) is 0 Å². The number of unbranched alkanes of at least 4 members (excludes halogenated alkanes) is 1. The quantitative estimate of drug-likeness (QED) is 0.0908. The van der Waals surface area contributed by atoms with E-state index in [-0.39, 0.29) is 37.2 Å². The molecule has 224 valence electrons. The number of non-ortho nitro benzene ring substituents is 1. The van der Waals surface area contributed by atoms with Crippen LogP contribution in [0.4, 0.5) is 5.69 Å². The summed E-state index contributed by atoms with van der Waals surface area (Å²) in [4.78, 5) is 84.9.